The molecule has 32 heavy (non-hydrogen) atoms. The number of pyridine rings is 1. The zero-order chi connectivity index (χ0) is 22.6. The highest BCUT2D eigenvalue weighted by molar-refractivity contribution is 5.95. The van der Waals surface area contributed by atoms with Gasteiger partial charge < -0.3 is 15.5 Å². The molecular weight excluding hydrogens is 396 g/mol. The van der Waals surface area contributed by atoms with Crippen LogP contribution in [0.25, 0.3) is 0 Å². The van der Waals surface area contributed by atoms with Crippen LogP contribution in [0.15, 0.2) is 72.9 Å². The van der Waals surface area contributed by atoms with Gasteiger partial charge in [0.05, 0.1) is 0 Å². The summed E-state index contributed by atoms with van der Waals surface area (Å²) in [6, 6.07) is 22.1. The molecule has 0 aliphatic heterocycles. The quantitative estimate of drug-likeness (QED) is 0.394. The van der Waals surface area contributed by atoms with Crippen LogP contribution in [0.3, 0.4) is 0 Å². The normalized spacial score (nSPS) is 10.8. The van der Waals surface area contributed by atoms with Crippen LogP contribution in [0.1, 0.15) is 41.9 Å². The topological polar surface area (TPSA) is 57.3 Å². The Morgan fingerprint density at radius 2 is 1.72 bits per heavy atom. The molecule has 0 aliphatic carbocycles. The van der Waals surface area contributed by atoms with Gasteiger partial charge in [-0.1, -0.05) is 38.1 Å². The molecule has 0 spiro atoms. The van der Waals surface area contributed by atoms with E-state index in [4.69, 9.17) is 0 Å². The molecule has 3 rings (SSSR count). The minimum absolute atomic E-state index is 0.0296. The number of anilines is 2. The number of nitrogens with one attached hydrogen (secondary N) is 2. The Morgan fingerprint density at radius 1 is 0.906 bits per heavy atom. The molecule has 1 amide bonds. The summed E-state index contributed by atoms with van der Waals surface area (Å²) in [7, 11) is 0. The first-order chi connectivity index (χ1) is 15.7. The third kappa shape index (κ3) is 7.50. The summed E-state index contributed by atoms with van der Waals surface area (Å²) in [6.45, 7) is 8.11. The molecule has 1 heterocycles. The molecule has 1 aromatic heterocycles. The van der Waals surface area contributed by atoms with Crippen LogP contribution < -0.4 is 10.6 Å². The Kier molecular flexibility index (Phi) is 9.26. The number of nitrogens with zero attached hydrogens (tertiary/aromatic N) is 2. The van der Waals surface area contributed by atoms with Gasteiger partial charge in [-0.05, 0) is 86.9 Å². The van der Waals surface area contributed by atoms with E-state index >= 15 is 0 Å². The van der Waals surface area contributed by atoms with Crippen molar-refractivity contribution in [3.05, 3.63) is 89.7 Å². The highest BCUT2D eigenvalue weighted by atomic mass is 16.1. The Balaban J connectivity index is 1.49. The first-order valence-electron chi connectivity index (χ1n) is 11.5. The fourth-order valence-corrected chi connectivity index (χ4v) is 3.62. The van der Waals surface area contributed by atoms with Crippen molar-refractivity contribution < 1.29 is 4.79 Å². The number of hydrogen-bond donors (Lipinski definition) is 2. The molecule has 0 saturated carbocycles. The average Bonchev–Trinajstić information content (AvgIpc) is 2.84. The number of aromatic nitrogens is 1. The second kappa shape index (κ2) is 12.6. The third-order valence-corrected chi connectivity index (χ3v) is 5.59. The number of aryl methyl sites for hydroxylation is 2. The molecule has 5 heteroatoms. The predicted octanol–water partition coefficient (Wildman–Crippen LogP) is 5.07. The van der Waals surface area contributed by atoms with Gasteiger partial charge in [0.1, 0.15) is 0 Å². The Morgan fingerprint density at radius 3 is 2.44 bits per heavy atom. The van der Waals surface area contributed by atoms with Crippen molar-refractivity contribution in [3.8, 4) is 0 Å². The van der Waals surface area contributed by atoms with Crippen molar-refractivity contribution in [2.75, 3.05) is 31.5 Å². The SMILES string of the molecule is CCN(CC)CCCNC(=O)c1cccc(Nc2ccc(CCc3ccccn3)cc2)c1. The summed E-state index contributed by atoms with van der Waals surface area (Å²) in [4.78, 5) is 19.3. The molecule has 168 valence electrons. The molecule has 2 aromatic carbocycles. The lowest BCUT2D eigenvalue weighted by atomic mass is 10.1. The van der Waals surface area contributed by atoms with Crippen LogP contribution in [0.2, 0.25) is 0 Å². The van der Waals surface area contributed by atoms with E-state index in [2.05, 4.69) is 64.7 Å². The second-order valence-corrected chi connectivity index (χ2v) is 7.86. The van der Waals surface area contributed by atoms with Crippen LogP contribution in [0.4, 0.5) is 11.4 Å². The lowest BCUT2D eigenvalue weighted by Gasteiger charge is -2.17. The smallest absolute Gasteiger partial charge is 0.251 e. The summed E-state index contributed by atoms with van der Waals surface area (Å²) in [5.74, 6) is -0.0296. The van der Waals surface area contributed by atoms with Crippen molar-refractivity contribution in [2.45, 2.75) is 33.1 Å². The highest BCUT2D eigenvalue weighted by Crippen LogP contribution is 2.19. The maximum atomic E-state index is 12.5. The van der Waals surface area contributed by atoms with E-state index in [1.807, 2.05) is 42.6 Å². The van der Waals surface area contributed by atoms with Crippen molar-refractivity contribution >= 4 is 17.3 Å². The minimum atomic E-state index is -0.0296. The molecule has 2 N–H and O–H groups in total. The zero-order valence-corrected chi connectivity index (χ0v) is 19.2. The van der Waals surface area contributed by atoms with Gasteiger partial charge in [-0.3, -0.25) is 9.78 Å². The molecule has 3 aromatic rings. The van der Waals surface area contributed by atoms with Gasteiger partial charge in [0.25, 0.3) is 5.91 Å². The maximum Gasteiger partial charge on any atom is 0.251 e. The van der Waals surface area contributed by atoms with Crippen molar-refractivity contribution in [1.29, 1.82) is 0 Å². The van der Waals surface area contributed by atoms with Gasteiger partial charge >= 0.3 is 0 Å². The number of benzene rings is 2. The lowest BCUT2D eigenvalue weighted by Crippen LogP contribution is -2.29. The highest BCUT2D eigenvalue weighted by Gasteiger charge is 2.07. The molecule has 0 aliphatic rings. The van der Waals surface area contributed by atoms with Gasteiger partial charge in [-0.15, -0.1) is 0 Å². The zero-order valence-electron chi connectivity index (χ0n) is 19.2. The summed E-state index contributed by atoms with van der Waals surface area (Å²) >= 11 is 0. The fraction of sp³-hybridized carbons (Fsp3) is 0.333. The lowest BCUT2D eigenvalue weighted by molar-refractivity contribution is 0.0952. The molecule has 5 nitrogen and oxygen atoms in total. The number of carbonyl (C=O) groups is 1. The standard InChI is InChI=1S/C27H34N4O/c1-3-31(4-2)20-8-19-29-27(32)23-9-7-11-26(21-23)30-25-16-13-22(14-17-25)12-15-24-10-5-6-18-28-24/h5-7,9-11,13-14,16-18,21,30H,3-4,8,12,15,19-20H2,1-2H3,(H,29,32). The molecule has 0 radical (unpaired) electrons. The van der Waals surface area contributed by atoms with Gasteiger partial charge in [0, 0.05) is 35.4 Å². The van der Waals surface area contributed by atoms with Crippen LogP contribution in [-0.4, -0.2) is 42.0 Å². The molecule has 0 fully saturated rings. The number of carbonyl (C=O) groups excluding carboxylic acids is 1. The Hall–Kier alpha value is -3.18. The summed E-state index contributed by atoms with van der Waals surface area (Å²) in [5.41, 5.74) is 4.96. The van der Waals surface area contributed by atoms with Crippen molar-refractivity contribution in [1.82, 2.24) is 15.2 Å². The third-order valence-electron chi connectivity index (χ3n) is 5.59. The minimum Gasteiger partial charge on any atom is -0.356 e. The second-order valence-electron chi connectivity index (χ2n) is 7.86. The molecule has 0 unspecified atom stereocenters. The summed E-state index contributed by atoms with van der Waals surface area (Å²) < 4.78 is 0. The van der Waals surface area contributed by atoms with E-state index in [0.717, 1.165) is 56.0 Å². The largest absolute Gasteiger partial charge is 0.356 e. The molecule has 0 saturated heterocycles. The predicted molar refractivity (Wildman–Crippen MR) is 133 cm³/mol. The first kappa shape index (κ1) is 23.5. The van der Waals surface area contributed by atoms with Gasteiger partial charge in [-0.2, -0.15) is 0 Å². The van der Waals surface area contributed by atoms with Crippen LogP contribution in [-0.2, 0) is 12.8 Å². The Bertz CT molecular complexity index is 953. The monoisotopic (exact) mass is 430 g/mol. The van der Waals surface area contributed by atoms with E-state index in [1.54, 1.807) is 0 Å². The van der Waals surface area contributed by atoms with E-state index < -0.39 is 0 Å². The van der Waals surface area contributed by atoms with Gasteiger partial charge in [0.15, 0.2) is 0 Å². The van der Waals surface area contributed by atoms with E-state index in [1.165, 1.54) is 5.56 Å². The fourth-order valence-electron chi connectivity index (χ4n) is 3.62. The summed E-state index contributed by atoms with van der Waals surface area (Å²) in [6.07, 6.45) is 4.68. The van der Waals surface area contributed by atoms with Crippen LogP contribution >= 0.6 is 0 Å². The molecular formula is C27H34N4O. The first-order valence-corrected chi connectivity index (χ1v) is 11.5. The van der Waals surface area contributed by atoms with Crippen LogP contribution in [0.5, 0.6) is 0 Å². The maximum absolute atomic E-state index is 12.5. The van der Waals surface area contributed by atoms with Gasteiger partial charge in [0.2, 0.25) is 0 Å². The van der Waals surface area contributed by atoms with Crippen molar-refractivity contribution in [2.24, 2.45) is 0 Å². The summed E-state index contributed by atoms with van der Waals surface area (Å²) in [5, 5.41) is 6.43. The van der Waals surface area contributed by atoms with E-state index in [9.17, 15) is 4.79 Å². The van der Waals surface area contributed by atoms with Gasteiger partial charge in [-0.25, -0.2) is 0 Å². The number of amides is 1. The number of rotatable bonds is 12. The Labute approximate surface area is 191 Å². The van der Waals surface area contributed by atoms with E-state index in [0.29, 0.717) is 12.1 Å². The molecule has 0 bridgehead atoms. The molecule has 0 atom stereocenters. The average molecular weight is 431 g/mol. The van der Waals surface area contributed by atoms with Crippen LogP contribution in [0, 0.1) is 0 Å². The number of hydrogen-bond acceptors (Lipinski definition) is 4. The van der Waals surface area contributed by atoms with E-state index in [-0.39, 0.29) is 5.91 Å². The van der Waals surface area contributed by atoms with Crippen molar-refractivity contribution in [3.63, 3.8) is 0 Å².